The topological polar surface area (TPSA) is 72.6 Å². The molecule has 1 rings (SSSR count). The van der Waals surface area contributed by atoms with Crippen molar-refractivity contribution in [3.05, 3.63) is 33.9 Å². The Morgan fingerprint density at radius 1 is 1.38 bits per heavy atom. The molecule has 0 unspecified atom stereocenters. The monoisotopic (exact) mass is 232 g/mol. The van der Waals surface area contributed by atoms with Crippen LogP contribution in [0.3, 0.4) is 0 Å². The number of nitro benzene ring substituents is 1. The van der Waals surface area contributed by atoms with Crippen molar-refractivity contribution in [2.75, 3.05) is 0 Å². The molecule has 0 aliphatic rings. The number of benzene rings is 1. The predicted octanol–water partition coefficient (Wildman–Crippen LogP) is 2.58. The summed E-state index contributed by atoms with van der Waals surface area (Å²) in [5, 5.41) is 10.4. The van der Waals surface area contributed by atoms with Gasteiger partial charge in [0.25, 0.3) is 5.69 Å². The second kappa shape index (κ2) is 4.11. The number of rotatable bonds is 2. The predicted molar refractivity (Wildman–Crippen MR) is 45.9 cm³/mol. The Kier molecular flexibility index (Phi) is 3.05. The zero-order valence-electron chi connectivity index (χ0n) is 7.49. The number of hydrogen-bond donors (Lipinski definition) is 0. The van der Waals surface area contributed by atoms with Crippen LogP contribution in [0.1, 0.15) is 5.56 Å². The number of halogens is 3. The van der Waals surface area contributed by atoms with Crippen LogP contribution in [0, 0.1) is 10.1 Å². The average molecular weight is 232 g/mol. The van der Waals surface area contributed by atoms with Gasteiger partial charge in [-0.15, -0.1) is 0 Å². The van der Waals surface area contributed by atoms with Gasteiger partial charge in [-0.25, -0.2) is 4.79 Å². The molecular weight excluding hydrogens is 229 g/mol. The fourth-order valence-corrected chi connectivity index (χ4v) is 0.990. The van der Waals surface area contributed by atoms with Crippen molar-refractivity contribution < 1.29 is 22.9 Å². The Morgan fingerprint density at radius 2 is 2.00 bits per heavy atom. The lowest BCUT2D eigenvalue weighted by Crippen LogP contribution is -2.05. The lowest BCUT2D eigenvalue weighted by Gasteiger charge is -2.06. The van der Waals surface area contributed by atoms with E-state index in [9.17, 15) is 28.1 Å². The van der Waals surface area contributed by atoms with Gasteiger partial charge in [-0.3, -0.25) is 10.1 Å². The maximum atomic E-state index is 12.2. The molecule has 0 spiro atoms. The van der Waals surface area contributed by atoms with E-state index in [0.717, 1.165) is 12.1 Å². The number of isocyanates is 1. The molecule has 0 aliphatic heterocycles. The molecule has 0 saturated carbocycles. The van der Waals surface area contributed by atoms with Crippen molar-refractivity contribution in [1.29, 1.82) is 0 Å². The van der Waals surface area contributed by atoms with Crippen molar-refractivity contribution in [1.82, 2.24) is 0 Å². The van der Waals surface area contributed by atoms with Crippen molar-refractivity contribution in [3.8, 4) is 0 Å². The van der Waals surface area contributed by atoms with Crippen molar-refractivity contribution >= 4 is 17.5 Å². The van der Waals surface area contributed by atoms with Gasteiger partial charge in [0.1, 0.15) is 0 Å². The highest BCUT2D eigenvalue weighted by Gasteiger charge is 2.32. The van der Waals surface area contributed by atoms with Gasteiger partial charge >= 0.3 is 6.18 Å². The minimum Gasteiger partial charge on any atom is -0.258 e. The first-order valence-electron chi connectivity index (χ1n) is 3.80. The Labute approximate surface area is 86.4 Å². The zero-order chi connectivity index (χ0) is 12.3. The van der Waals surface area contributed by atoms with E-state index in [4.69, 9.17) is 0 Å². The number of aliphatic imine (C=N–C) groups is 1. The summed E-state index contributed by atoms with van der Waals surface area (Å²) in [7, 11) is 0. The van der Waals surface area contributed by atoms with Crippen LogP contribution in [0.2, 0.25) is 0 Å². The zero-order valence-corrected chi connectivity index (χ0v) is 7.49. The molecule has 1 aromatic carbocycles. The summed E-state index contributed by atoms with van der Waals surface area (Å²) in [6.45, 7) is 0. The van der Waals surface area contributed by atoms with Crippen LogP contribution in [0.4, 0.5) is 24.5 Å². The van der Waals surface area contributed by atoms with E-state index in [0.29, 0.717) is 12.1 Å². The molecule has 1 aromatic rings. The van der Waals surface area contributed by atoms with Crippen LogP contribution in [0.5, 0.6) is 0 Å². The summed E-state index contributed by atoms with van der Waals surface area (Å²) >= 11 is 0. The molecule has 0 amide bonds. The van der Waals surface area contributed by atoms with Gasteiger partial charge in [-0.05, 0) is 12.1 Å². The molecule has 0 fully saturated rings. The summed E-state index contributed by atoms with van der Waals surface area (Å²) in [5.74, 6) is 0. The molecule has 0 aromatic heterocycles. The fourth-order valence-electron chi connectivity index (χ4n) is 0.990. The van der Waals surface area contributed by atoms with Crippen LogP contribution in [-0.2, 0) is 11.0 Å². The number of alkyl halides is 3. The smallest absolute Gasteiger partial charge is 0.258 e. The second-order valence-corrected chi connectivity index (χ2v) is 2.66. The molecule has 8 heteroatoms. The van der Waals surface area contributed by atoms with Gasteiger partial charge in [0.2, 0.25) is 6.08 Å². The number of nitrogens with zero attached hydrogens (tertiary/aromatic N) is 2. The molecule has 84 valence electrons. The lowest BCUT2D eigenvalue weighted by molar-refractivity contribution is -0.384. The fraction of sp³-hybridized carbons (Fsp3) is 0.125. The van der Waals surface area contributed by atoms with Gasteiger partial charge in [-0.1, -0.05) is 0 Å². The Morgan fingerprint density at radius 3 is 2.44 bits per heavy atom. The molecule has 0 saturated heterocycles. The molecular formula is C8H3F3N2O3. The highest BCUT2D eigenvalue weighted by atomic mass is 19.4. The van der Waals surface area contributed by atoms with E-state index >= 15 is 0 Å². The van der Waals surface area contributed by atoms with Crippen LogP contribution < -0.4 is 0 Å². The molecule has 5 nitrogen and oxygen atoms in total. The molecule has 16 heavy (non-hydrogen) atoms. The second-order valence-electron chi connectivity index (χ2n) is 2.66. The summed E-state index contributed by atoms with van der Waals surface area (Å²) in [6.07, 6.45) is -3.66. The minimum atomic E-state index is -4.69. The maximum Gasteiger partial charge on any atom is 0.416 e. The third-order valence-electron chi connectivity index (χ3n) is 1.67. The highest BCUT2D eigenvalue weighted by Crippen LogP contribution is 2.35. The van der Waals surface area contributed by atoms with Crippen molar-refractivity contribution in [2.24, 2.45) is 4.99 Å². The SMILES string of the molecule is O=C=Nc1ccc(C(F)(F)F)cc1[N+](=O)[O-]. The molecule has 0 heterocycles. The lowest BCUT2D eigenvalue weighted by atomic mass is 10.1. The number of carbonyl (C=O) groups excluding carboxylic acids is 1. The summed E-state index contributed by atoms with van der Waals surface area (Å²) in [4.78, 5) is 22.2. The van der Waals surface area contributed by atoms with Crippen LogP contribution in [0.25, 0.3) is 0 Å². The Bertz CT molecular complexity index is 478. The molecule has 0 bridgehead atoms. The quantitative estimate of drug-likeness (QED) is 0.340. The standard InChI is InChI=1S/C8H3F3N2O3/c9-8(10,11)5-1-2-6(12-4-14)7(3-5)13(15)16/h1-3H. The van der Waals surface area contributed by atoms with Gasteiger partial charge in [-0.2, -0.15) is 18.2 Å². The van der Waals surface area contributed by atoms with Gasteiger partial charge in [0.05, 0.1) is 10.5 Å². The normalized spacial score (nSPS) is 10.7. The van der Waals surface area contributed by atoms with Gasteiger partial charge in [0.15, 0.2) is 5.69 Å². The molecule has 0 radical (unpaired) electrons. The maximum absolute atomic E-state index is 12.2. The van der Waals surface area contributed by atoms with Gasteiger partial charge < -0.3 is 0 Å². The first-order valence-corrected chi connectivity index (χ1v) is 3.80. The van der Waals surface area contributed by atoms with Crippen molar-refractivity contribution in [3.63, 3.8) is 0 Å². The van der Waals surface area contributed by atoms with Crippen LogP contribution in [-0.4, -0.2) is 11.0 Å². The highest BCUT2D eigenvalue weighted by molar-refractivity contribution is 5.63. The van der Waals surface area contributed by atoms with Crippen LogP contribution >= 0.6 is 0 Å². The minimum absolute atomic E-state index is 0.316. The van der Waals surface area contributed by atoms with E-state index in [1.807, 2.05) is 0 Å². The van der Waals surface area contributed by atoms with Gasteiger partial charge in [0, 0.05) is 6.07 Å². The van der Waals surface area contributed by atoms with E-state index in [1.165, 1.54) is 0 Å². The van der Waals surface area contributed by atoms with E-state index in [-0.39, 0.29) is 0 Å². The first kappa shape index (κ1) is 11.9. The third-order valence-corrected chi connectivity index (χ3v) is 1.67. The molecule has 0 N–H and O–H groups in total. The molecule has 0 aliphatic carbocycles. The van der Waals surface area contributed by atoms with E-state index in [1.54, 1.807) is 0 Å². The van der Waals surface area contributed by atoms with Crippen LogP contribution in [0.15, 0.2) is 23.2 Å². The third kappa shape index (κ3) is 2.43. The first-order chi connectivity index (χ1) is 7.36. The Hall–Kier alpha value is -2.21. The summed E-state index contributed by atoms with van der Waals surface area (Å²) in [5.41, 5.74) is -2.53. The summed E-state index contributed by atoms with van der Waals surface area (Å²) in [6, 6.07) is 1.66. The van der Waals surface area contributed by atoms with E-state index < -0.39 is 28.0 Å². The largest absolute Gasteiger partial charge is 0.416 e. The van der Waals surface area contributed by atoms with E-state index in [2.05, 4.69) is 4.99 Å². The summed E-state index contributed by atoms with van der Waals surface area (Å²) < 4.78 is 36.7. The number of nitro groups is 1. The van der Waals surface area contributed by atoms with Crippen molar-refractivity contribution in [2.45, 2.75) is 6.18 Å². The number of hydrogen-bond acceptors (Lipinski definition) is 4. The average Bonchev–Trinajstić information content (AvgIpc) is 2.16. The Balaban J connectivity index is 3.39. The molecule has 0 atom stereocenters.